The van der Waals surface area contributed by atoms with E-state index >= 15 is 4.39 Å². The Morgan fingerprint density at radius 2 is 1.65 bits per heavy atom. The molecule has 0 radical (unpaired) electrons. The van der Waals surface area contributed by atoms with Crippen LogP contribution in [0.5, 0.6) is 5.75 Å². The van der Waals surface area contributed by atoms with E-state index in [0.717, 1.165) is 10.8 Å². The largest absolute Gasteiger partial charge is 0.495 e. The van der Waals surface area contributed by atoms with Gasteiger partial charge in [-0.25, -0.2) is 9.18 Å². The highest BCUT2D eigenvalue weighted by Gasteiger charge is 2.26. The first-order valence-corrected chi connectivity index (χ1v) is 9.91. The van der Waals surface area contributed by atoms with Gasteiger partial charge in [-0.15, -0.1) is 0 Å². The minimum absolute atomic E-state index is 0.240. The fourth-order valence-electron chi connectivity index (χ4n) is 3.61. The third-order valence-electron chi connectivity index (χ3n) is 5.01. The van der Waals surface area contributed by atoms with Crippen molar-refractivity contribution in [1.29, 1.82) is 0 Å². The van der Waals surface area contributed by atoms with Crippen molar-refractivity contribution in [2.45, 2.75) is 0 Å². The van der Waals surface area contributed by atoms with Gasteiger partial charge in [-0.05, 0) is 41.8 Å². The monoisotopic (exact) mass is 435 g/mol. The molecule has 0 aliphatic rings. The number of hydrogen-bond acceptors (Lipinski definition) is 4. The van der Waals surface area contributed by atoms with E-state index in [9.17, 15) is 4.79 Å². The van der Waals surface area contributed by atoms with Crippen molar-refractivity contribution < 1.29 is 18.7 Å². The van der Waals surface area contributed by atoms with E-state index in [1.807, 2.05) is 36.4 Å². The summed E-state index contributed by atoms with van der Waals surface area (Å²) < 4.78 is 25.8. The molecule has 4 aromatic carbocycles. The maximum Gasteiger partial charge on any atom is 0.339 e. The van der Waals surface area contributed by atoms with Crippen LogP contribution < -0.4 is 9.64 Å². The van der Waals surface area contributed by atoms with Gasteiger partial charge in [0.2, 0.25) is 0 Å². The van der Waals surface area contributed by atoms with Gasteiger partial charge in [0.1, 0.15) is 11.6 Å². The Morgan fingerprint density at radius 1 is 0.903 bits per heavy atom. The van der Waals surface area contributed by atoms with Crippen LogP contribution in [0.15, 0.2) is 78.9 Å². The Bertz CT molecular complexity index is 1270. The molecular weight excluding hydrogens is 417 g/mol. The summed E-state index contributed by atoms with van der Waals surface area (Å²) in [6.07, 6.45) is 0. The number of anilines is 3. The predicted molar refractivity (Wildman–Crippen MR) is 121 cm³/mol. The molecule has 0 heterocycles. The zero-order chi connectivity index (χ0) is 22.0. The summed E-state index contributed by atoms with van der Waals surface area (Å²) in [5.74, 6) is -0.516. The highest BCUT2D eigenvalue weighted by molar-refractivity contribution is 6.31. The van der Waals surface area contributed by atoms with E-state index < -0.39 is 11.8 Å². The number of esters is 1. The van der Waals surface area contributed by atoms with Gasteiger partial charge in [0.15, 0.2) is 0 Å². The van der Waals surface area contributed by atoms with Crippen molar-refractivity contribution in [2.24, 2.45) is 0 Å². The van der Waals surface area contributed by atoms with Crippen molar-refractivity contribution >= 4 is 45.4 Å². The smallest absolute Gasteiger partial charge is 0.339 e. The third-order valence-corrected chi connectivity index (χ3v) is 5.24. The van der Waals surface area contributed by atoms with Crippen molar-refractivity contribution in [3.05, 3.63) is 95.3 Å². The number of halogens is 2. The molecule has 0 amide bonds. The molecular formula is C25H19ClFNO3. The number of fused-ring (bicyclic) bond motifs is 1. The lowest BCUT2D eigenvalue weighted by molar-refractivity contribution is 0.0601. The molecule has 4 aromatic rings. The van der Waals surface area contributed by atoms with Gasteiger partial charge in [0.05, 0.1) is 36.8 Å². The van der Waals surface area contributed by atoms with Crippen LogP contribution in [0.1, 0.15) is 10.4 Å². The number of methoxy groups -OCH3 is 2. The van der Waals surface area contributed by atoms with E-state index in [2.05, 4.69) is 0 Å². The lowest BCUT2D eigenvalue weighted by atomic mass is 10.0. The first kappa shape index (κ1) is 20.7. The number of ether oxygens (including phenoxy) is 2. The minimum atomic E-state index is -0.563. The first-order chi connectivity index (χ1) is 15.0. The maximum absolute atomic E-state index is 15.1. The van der Waals surface area contributed by atoms with Gasteiger partial charge < -0.3 is 14.4 Å². The Hall–Kier alpha value is -3.57. The number of hydrogen-bond donors (Lipinski definition) is 0. The van der Waals surface area contributed by atoms with E-state index in [0.29, 0.717) is 22.1 Å². The molecule has 0 fully saturated rings. The van der Waals surface area contributed by atoms with E-state index in [1.54, 1.807) is 48.4 Å². The minimum Gasteiger partial charge on any atom is -0.495 e. The zero-order valence-corrected chi connectivity index (χ0v) is 17.7. The molecule has 0 bridgehead atoms. The van der Waals surface area contributed by atoms with Gasteiger partial charge in [0, 0.05) is 10.4 Å². The van der Waals surface area contributed by atoms with Crippen LogP contribution in [0.2, 0.25) is 5.02 Å². The highest BCUT2D eigenvalue weighted by atomic mass is 35.5. The van der Waals surface area contributed by atoms with Crippen molar-refractivity contribution in [2.75, 3.05) is 19.1 Å². The molecule has 156 valence electrons. The normalized spacial score (nSPS) is 10.7. The van der Waals surface area contributed by atoms with Gasteiger partial charge in [0.25, 0.3) is 0 Å². The maximum atomic E-state index is 15.1. The molecule has 4 rings (SSSR count). The van der Waals surface area contributed by atoms with Crippen LogP contribution in [-0.4, -0.2) is 20.2 Å². The standard InChI is InChI=1S/C25H19ClFNO3/c1-30-23-14-11-16-7-3-4-8-18(16)24(23)28(21-10-6-5-9-20(21)27)22-15-17(26)12-13-19(22)25(29)31-2/h3-15H,1-2H3. The van der Waals surface area contributed by atoms with E-state index in [4.69, 9.17) is 21.1 Å². The predicted octanol–water partition coefficient (Wildman–Crippen LogP) is 6.90. The number of para-hydroxylation sites is 1. The fraction of sp³-hybridized carbons (Fsp3) is 0.0800. The van der Waals surface area contributed by atoms with Gasteiger partial charge in [-0.3, -0.25) is 0 Å². The molecule has 4 nitrogen and oxygen atoms in total. The molecule has 0 aromatic heterocycles. The van der Waals surface area contributed by atoms with Gasteiger partial charge >= 0.3 is 5.97 Å². The molecule has 0 saturated heterocycles. The second-order valence-corrected chi connectivity index (χ2v) is 7.21. The van der Waals surface area contributed by atoms with Crippen LogP contribution in [0.4, 0.5) is 21.5 Å². The molecule has 31 heavy (non-hydrogen) atoms. The molecule has 0 aliphatic carbocycles. The average molecular weight is 436 g/mol. The van der Waals surface area contributed by atoms with Crippen LogP contribution >= 0.6 is 11.6 Å². The summed E-state index contributed by atoms with van der Waals surface area (Å²) in [5.41, 5.74) is 1.44. The number of nitrogens with zero attached hydrogens (tertiary/aromatic N) is 1. The molecule has 0 unspecified atom stereocenters. The van der Waals surface area contributed by atoms with Gasteiger partial charge in [-0.2, -0.15) is 0 Å². The second-order valence-electron chi connectivity index (χ2n) is 6.78. The van der Waals surface area contributed by atoms with Crippen LogP contribution in [-0.2, 0) is 4.74 Å². The van der Waals surface area contributed by atoms with Crippen molar-refractivity contribution in [1.82, 2.24) is 0 Å². The SMILES string of the molecule is COC(=O)c1ccc(Cl)cc1N(c1ccccc1F)c1c(OC)ccc2ccccc12. The molecule has 0 atom stereocenters. The fourth-order valence-corrected chi connectivity index (χ4v) is 3.77. The average Bonchev–Trinajstić information content (AvgIpc) is 2.80. The van der Waals surface area contributed by atoms with Crippen molar-refractivity contribution in [3.63, 3.8) is 0 Å². The third kappa shape index (κ3) is 3.80. The molecule has 0 aliphatic heterocycles. The number of carbonyl (C=O) groups is 1. The summed E-state index contributed by atoms with van der Waals surface area (Å²) in [7, 11) is 2.85. The molecule has 0 N–H and O–H groups in total. The highest BCUT2D eigenvalue weighted by Crippen LogP contribution is 2.46. The Labute approximate surface area is 184 Å². The second kappa shape index (κ2) is 8.66. The van der Waals surface area contributed by atoms with Crippen LogP contribution in [0.3, 0.4) is 0 Å². The zero-order valence-electron chi connectivity index (χ0n) is 16.9. The quantitative estimate of drug-likeness (QED) is 0.320. The lowest BCUT2D eigenvalue weighted by Gasteiger charge is -2.30. The topological polar surface area (TPSA) is 38.8 Å². The Balaban J connectivity index is 2.14. The van der Waals surface area contributed by atoms with Crippen LogP contribution in [0, 0.1) is 5.82 Å². The lowest BCUT2D eigenvalue weighted by Crippen LogP contribution is -2.17. The van der Waals surface area contributed by atoms with E-state index in [1.165, 1.54) is 13.2 Å². The summed E-state index contributed by atoms with van der Waals surface area (Å²) in [6, 6.07) is 22.5. The number of rotatable bonds is 5. The van der Waals surface area contributed by atoms with E-state index in [-0.39, 0.29) is 11.3 Å². The summed E-state index contributed by atoms with van der Waals surface area (Å²) in [6.45, 7) is 0. The molecule has 0 saturated carbocycles. The Morgan fingerprint density at radius 3 is 2.39 bits per heavy atom. The summed E-state index contributed by atoms with van der Waals surface area (Å²) in [5, 5.41) is 2.14. The number of carbonyl (C=O) groups excluding carboxylic acids is 1. The Kier molecular flexibility index (Phi) is 5.78. The molecule has 0 spiro atoms. The first-order valence-electron chi connectivity index (χ1n) is 9.53. The van der Waals surface area contributed by atoms with Gasteiger partial charge in [-0.1, -0.05) is 54.1 Å². The summed E-state index contributed by atoms with van der Waals surface area (Å²) in [4.78, 5) is 14.2. The van der Waals surface area contributed by atoms with Crippen molar-refractivity contribution in [3.8, 4) is 5.75 Å². The number of benzene rings is 4. The summed E-state index contributed by atoms with van der Waals surface area (Å²) >= 11 is 6.31. The van der Waals surface area contributed by atoms with Crippen LogP contribution in [0.25, 0.3) is 10.8 Å². The molecule has 6 heteroatoms.